The van der Waals surface area contributed by atoms with Crippen molar-refractivity contribution < 1.29 is 37.6 Å². The van der Waals surface area contributed by atoms with Crippen LogP contribution in [0.3, 0.4) is 0 Å². The predicted octanol–water partition coefficient (Wildman–Crippen LogP) is 11.2. The first-order valence-electron chi connectivity index (χ1n) is 18.6. The zero-order valence-corrected chi connectivity index (χ0v) is 31.3. The summed E-state index contributed by atoms with van der Waals surface area (Å²) < 4.78 is 32.4. The van der Waals surface area contributed by atoms with Crippen LogP contribution in [0.25, 0.3) is 0 Å². The van der Waals surface area contributed by atoms with Gasteiger partial charge in [-0.15, -0.1) is 0 Å². The number of allylic oxidation sites excluding steroid dienone is 10. The molecule has 0 aliphatic rings. The lowest BCUT2D eigenvalue weighted by Crippen LogP contribution is -2.29. The maximum absolute atomic E-state index is 12.5. The van der Waals surface area contributed by atoms with Crippen molar-refractivity contribution in [1.82, 2.24) is 0 Å². The largest absolute Gasteiger partial charge is 0.472 e. The number of hydrogen-bond acceptors (Lipinski definition) is 7. The molecule has 0 aromatic carbocycles. The van der Waals surface area contributed by atoms with Crippen molar-refractivity contribution in [3.05, 3.63) is 60.8 Å². The van der Waals surface area contributed by atoms with E-state index in [1.807, 2.05) is 6.08 Å². The van der Waals surface area contributed by atoms with E-state index in [4.69, 9.17) is 18.5 Å². The SMILES string of the molecule is CC/C=C\C/C=C\C/C=C\C/C=C\C/C=C\CCCC(=O)OC(COC(=O)CCCCCCCCCCCCC)COP(=O)(O)OCC. The summed E-state index contributed by atoms with van der Waals surface area (Å²) in [7, 11) is -4.29. The number of esters is 2. The van der Waals surface area contributed by atoms with E-state index in [9.17, 15) is 19.0 Å². The fourth-order valence-corrected chi connectivity index (χ4v) is 5.42. The third kappa shape index (κ3) is 33.6. The number of phosphoric acid groups is 1. The van der Waals surface area contributed by atoms with Gasteiger partial charge in [0.15, 0.2) is 6.10 Å². The van der Waals surface area contributed by atoms with Crippen molar-refractivity contribution in [2.45, 2.75) is 155 Å². The summed E-state index contributed by atoms with van der Waals surface area (Å²) in [6, 6.07) is 0. The van der Waals surface area contributed by atoms with Gasteiger partial charge in [0.1, 0.15) is 6.61 Å². The van der Waals surface area contributed by atoms with E-state index >= 15 is 0 Å². The van der Waals surface area contributed by atoms with Crippen molar-refractivity contribution in [3.63, 3.8) is 0 Å². The first kappa shape index (κ1) is 45.8. The molecule has 0 aliphatic carbocycles. The molecule has 0 aromatic heterocycles. The second-order valence-corrected chi connectivity index (χ2v) is 13.3. The summed E-state index contributed by atoms with van der Waals surface area (Å²) >= 11 is 0. The maximum Gasteiger partial charge on any atom is 0.472 e. The van der Waals surface area contributed by atoms with Gasteiger partial charge in [0, 0.05) is 12.8 Å². The predicted molar refractivity (Wildman–Crippen MR) is 198 cm³/mol. The van der Waals surface area contributed by atoms with Crippen LogP contribution >= 0.6 is 7.82 Å². The van der Waals surface area contributed by atoms with Gasteiger partial charge in [-0.2, -0.15) is 0 Å². The monoisotopic (exact) mass is 694 g/mol. The minimum atomic E-state index is -4.29. The summed E-state index contributed by atoms with van der Waals surface area (Å²) in [6.07, 6.45) is 40.0. The van der Waals surface area contributed by atoms with Gasteiger partial charge in [0.25, 0.3) is 0 Å². The molecule has 0 aromatic rings. The molecule has 2 atom stereocenters. The molecule has 276 valence electrons. The molecule has 0 heterocycles. The molecule has 0 saturated heterocycles. The van der Waals surface area contributed by atoms with Crippen LogP contribution in [0.4, 0.5) is 0 Å². The Kier molecular flexibility index (Phi) is 33.0. The quantitative estimate of drug-likeness (QED) is 0.0313. The molecular weight excluding hydrogens is 627 g/mol. The van der Waals surface area contributed by atoms with Crippen molar-refractivity contribution in [2.24, 2.45) is 0 Å². The van der Waals surface area contributed by atoms with Crippen LogP contribution in [0.5, 0.6) is 0 Å². The Morgan fingerprint density at radius 2 is 1.06 bits per heavy atom. The normalized spacial score (nSPS) is 14.2. The topological polar surface area (TPSA) is 108 Å². The Bertz CT molecular complexity index is 969. The molecule has 0 bridgehead atoms. The molecule has 0 saturated carbocycles. The van der Waals surface area contributed by atoms with E-state index in [0.29, 0.717) is 12.8 Å². The first-order valence-corrected chi connectivity index (χ1v) is 20.1. The number of carbonyl (C=O) groups is 2. The molecule has 48 heavy (non-hydrogen) atoms. The molecular formula is C39H67O8P. The molecule has 9 heteroatoms. The second-order valence-electron chi connectivity index (χ2n) is 11.9. The molecule has 2 unspecified atom stereocenters. The molecule has 0 fully saturated rings. The van der Waals surface area contributed by atoms with Gasteiger partial charge in [-0.1, -0.05) is 139 Å². The highest BCUT2D eigenvalue weighted by Gasteiger charge is 2.25. The molecule has 0 radical (unpaired) electrons. The number of rotatable bonds is 33. The highest BCUT2D eigenvalue weighted by atomic mass is 31.2. The fourth-order valence-electron chi connectivity index (χ4n) is 4.66. The van der Waals surface area contributed by atoms with Gasteiger partial charge in [-0.25, -0.2) is 4.57 Å². The Morgan fingerprint density at radius 3 is 1.58 bits per heavy atom. The van der Waals surface area contributed by atoms with E-state index in [0.717, 1.165) is 51.4 Å². The third-order valence-electron chi connectivity index (χ3n) is 7.34. The maximum atomic E-state index is 12.5. The van der Waals surface area contributed by atoms with E-state index in [1.54, 1.807) is 6.92 Å². The van der Waals surface area contributed by atoms with Crippen molar-refractivity contribution in [1.29, 1.82) is 0 Å². The minimum Gasteiger partial charge on any atom is -0.462 e. The van der Waals surface area contributed by atoms with Crippen LogP contribution in [0, 0.1) is 0 Å². The van der Waals surface area contributed by atoms with Gasteiger partial charge < -0.3 is 14.4 Å². The van der Waals surface area contributed by atoms with Gasteiger partial charge in [0.05, 0.1) is 13.2 Å². The van der Waals surface area contributed by atoms with Crippen LogP contribution in [-0.4, -0.2) is 42.8 Å². The average Bonchev–Trinajstić information content (AvgIpc) is 3.06. The second kappa shape index (κ2) is 34.6. The first-order chi connectivity index (χ1) is 23.3. The van der Waals surface area contributed by atoms with Crippen molar-refractivity contribution >= 4 is 19.8 Å². The molecule has 8 nitrogen and oxygen atoms in total. The minimum absolute atomic E-state index is 0.0119. The van der Waals surface area contributed by atoms with Crippen molar-refractivity contribution in [2.75, 3.05) is 19.8 Å². The Labute approximate surface area is 292 Å². The lowest BCUT2D eigenvalue weighted by Gasteiger charge is -2.19. The van der Waals surface area contributed by atoms with Crippen LogP contribution in [0.1, 0.15) is 149 Å². The van der Waals surface area contributed by atoms with Crippen LogP contribution < -0.4 is 0 Å². The zero-order valence-electron chi connectivity index (χ0n) is 30.4. The zero-order chi connectivity index (χ0) is 35.4. The van der Waals surface area contributed by atoms with Crippen LogP contribution in [0.15, 0.2) is 60.8 Å². The van der Waals surface area contributed by atoms with Crippen LogP contribution in [-0.2, 0) is 32.7 Å². The molecule has 1 N–H and O–H groups in total. The number of ether oxygens (including phenoxy) is 2. The number of unbranched alkanes of at least 4 members (excludes halogenated alkanes) is 11. The summed E-state index contributed by atoms with van der Waals surface area (Å²) in [6.45, 7) is 5.26. The average molecular weight is 695 g/mol. The number of phosphoric ester groups is 1. The standard InChI is InChI=1S/C39H67O8P/c1-4-7-9-11-13-15-17-18-19-20-21-22-24-26-28-30-32-34-39(41)47-37(36-46-48(42,43)45-6-3)35-44-38(40)33-31-29-27-25-23-16-14-12-10-8-5-2/h7,9,13,15,18-19,21-22,26,28,37H,4-6,8,10-12,14,16-17,20,23-25,27,29-36H2,1-3H3,(H,42,43)/b9-7-,15-13-,19-18-,22-21-,28-26-. The van der Waals surface area contributed by atoms with Gasteiger partial charge >= 0.3 is 19.8 Å². The van der Waals surface area contributed by atoms with Gasteiger partial charge in [-0.3, -0.25) is 18.6 Å². The summed E-state index contributed by atoms with van der Waals surface area (Å²) in [4.78, 5) is 34.5. The highest BCUT2D eigenvalue weighted by molar-refractivity contribution is 7.47. The molecule has 0 spiro atoms. The van der Waals surface area contributed by atoms with E-state index < -0.39 is 26.5 Å². The number of hydrogen-bond donors (Lipinski definition) is 1. The summed E-state index contributed by atoms with van der Waals surface area (Å²) in [5.41, 5.74) is 0. The fraction of sp³-hybridized carbons (Fsp3) is 0.692. The molecule has 0 aliphatic heterocycles. The Hall–Kier alpha value is -2.25. The van der Waals surface area contributed by atoms with Crippen LogP contribution in [0.2, 0.25) is 0 Å². The Balaban J connectivity index is 4.29. The summed E-state index contributed by atoms with van der Waals surface area (Å²) in [5.74, 6) is -0.871. The van der Waals surface area contributed by atoms with E-state index in [2.05, 4.69) is 68.5 Å². The van der Waals surface area contributed by atoms with Gasteiger partial charge in [0.2, 0.25) is 0 Å². The van der Waals surface area contributed by atoms with Crippen molar-refractivity contribution in [3.8, 4) is 0 Å². The lowest BCUT2D eigenvalue weighted by molar-refractivity contribution is -0.161. The smallest absolute Gasteiger partial charge is 0.462 e. The van der Waals surface area contributed by atoms with E-state index in [-0.39, 0.29) is 32.0 Å². The third-order valence-corrected chi connectivity index (χ3v) is 8.40. The summed E-state index contributed by atoms with van der Waals surface area (Å²) in [5, 5.41) is 0. The highest BCUT2D eigenvalue weighted by Crippen LogP contribution is 2.43. The van der Waals surface area contributed by atoms with Gasteiger partial charge in [-0.05, 0) is 58.3 Å². The molecule has 0 amide bonds. The lowest BCUT2D eigenvalue weighted by atomic mass is 10.1. The molecule has 0 rings (SSSR count). The van der Waals surface area contributed by atoms with E-state index in [1.165, 1.54) is 51.4 Å². The number of carbonyl (C=O) groups excluding carboxylic acids is 2. The Morgan fingerprint density at radius 1 is 0.583 bits per heavy atom.